The molecule has 0 atom stereocenters. The average Bonchev–Trinajstić information content (AvgIpc) is 2.68. The van der Waals surface area contributed by atoms with Crippen molar-refractivity contribution in [3.05, 3.63) is 45.1 Å². The maximum atomic E-state index is 12.9. The number of nitrogens with one attached hydrogen (secondary N) is 1. The van der Waals surface area contributed by atoms with Gasteiger partial charge in [0.25, 0.3) is 0 Å². The van der Waals surface area contributed by atoms with E-state index in [1.54, 1.807) is 9.80 Å². The first-order valence-electron chi connectivity index (χ1n) is 8.95. The molecule has 0 bridgehead atoms. The summed E-state index contributed by atoms with van der Waals surface area (Å²) in [5.41, 5.74) is 4.17. The second-order valence-electron chi connectivity index (χ2n) is 6.70. The first-order valence-corrected chi connectivity index (χ1v) is 9.33. The Labute approximate surface area is 179 Å². The van der Waals surface area contributed by atoms with Crippen LogP contribution in [0.2, 0.25) is 5.02 Å². The van der Waals surface area contributed by atoms with E-state index in [4.69, 9.17) is 17.3 Å². The number of anilines is 3. The van der Waals surface area contributed by atoms with Gasteiger partial charge in [-0.05, 0) is 18.2 Å². The zero-order chi connectivity index (χ0) is 22.8. The van der Waals surface area contributed by atoms with E-state index in [0.29, 0.717) is 26.2 Å². The molecule has 1 aliphatic rings. The fourth-order valence-electron chi connectivity index (χ4n) is 3.00. The van der Waals surface area contributed by atoms with Crippen LogP contribution in [-0.2, 0) is 11.0 Å². The normalized spacial score (nSPS) is 15.0. The monoisotopic (exact) mass is 459 g/mol. The highest BCUT2D eigenvalue weighted by Crippen LogP contribution is 2.36. The molecule has 0 aliphatic carbocycles. The number of hydrogen-bond donors (Lipinski definition) is 2. The lowest BCUT2D eigenvalue weighted by atomic mass is 10.2. The van der Waals surface area contributed by atoms with Crippen LogP contribution in [0, 0.1) is 10.1 Å². The van der Waals surface area contributed by atoms with Crippen LogP contribution in [0.4, 0.5) is 36.3 Å². The summed E-state index contributed by atoms with van der Waals surface area (Å²) in [6.07, 6.45) is -3.59. The number of carbonyl (C=O) groups is 1. The number of amides is 1. The van der Waals surface area contributed by atoms with Gasteiger partial charge in [-0.1, -0.05) is 11.6 Å². The minimum atomic E-state index is -4.63. The molecule has 0 radical (unpaired) electrons. The molecule has 1 amide bonds. The van der Waals surface area contributed by atoms with Gasteiger partial charge < -0.3 is 16.0 Å². The van der Waals surface area contributed by atoms with E-state index in [1.807, 2.05) is 0 Å². The number of benzene rings is 1. The third-order valence-corrected chi connectivity index (χ3v) is 4.89. The summed E-state index contributed by atoms with van der Waals surface area (Å²) in [7, 11) is 0. The van der Waals surface area contributed by atoms with Crippen molar-refractivity contribution in [1.82, 2.24) is 14.9 Å². The number of nitro groups is 1. The number of nitrogens with two attached hydrogens (primary N) is 1. The van der Waals surface area contributed by atoms with E-state index in [1.165, 1.54) is 6.07 Å². The molecule has 14 heteroatoms. The molecule has 2 heterocycles. The summed E-state index contributed by atoms with van der Waals surface area (Å²) in [5.74, 6) is -0.467. The van der Waals surface area contributed by atoms with E-state index in [2.05, 4.69) is 15.3 Å². The van der Waals surface area contributed by atoms with Crippen molar-refractivity contribution in [3.63, 3.8) is 0 Å². The lowest BCUT2D eigenvalue weighted by Crippen LogP contribution is -2.49. The summed E-state index contributed by atoms with van der Waals surface area (Å²) in [5, 5.41) is 12.8. The molecule has 1 saturated heterocycles. The molecule has 3 rings (SSSR count). The standard InChI is InChI=1S/C17H17ClF3N7O3/c18-12-2-1-10(7-11(12)17(19,20)21)24-14(29)9-26-3-5-27(6-4-26)16-23-8-13(28(30)31)15(22)25-16/h1-2,7-8H,3-6,9H2,(H,24,29)(H2,22,23,25). The van der Waals surface area contributed by atoms with Gasteiger partial charge in [-0.2, -0.15) is 18.2 Å². The predicted molar refractivity (Wildman–Crippen MR) is 107 cm³/mol. The fourth-order valence-corrected chi connectivity index (χ4v) is 3.23. The highest BCUT2D eigenvalue weighted by molar-refractivity contribution is 6.31. The minimum Gasteiger partial charge on any atom is -0.378 e. The van der Waals surface area contributed by atoms with Crippen LogP contribution >= 0.6 is 11.6 Å². The van der Waals surface area contributed by atoms with Crippen LogP contribution < -0.4 is 16.0 Å². The number of carbonyl (C=O) groups excluding carboxylic acids is 1. The molecule has 10 nitrogen and oxygen atoms in total. The van der Waals surface area contributed by atoms with Gasteiger partial charge in [-0.3, -0.25) is 19.8 Å². The summed E-state index contributed by atoms with van der Waals surface area (Å²) in [6.45, 7) is 1.73. The lowest BCUT2D eigenvalue weighted by Gasteiger charge is -2.34. The zero-order valence-electron chi connectivity index (χ0n) is 15.9. The summed E-state index contributed by atoms with van der Waals surface area (Å²) in [6, 6.07) is 3.16. The van der Waals surface area contributed by atoms with E-state index in [9.17, 15) is 28.1 Å². The van der Waals surface area contributed by atoms with E-state index in [-0.39, 0.29) is 29.7 Å². The molecule has 0 unspecified atom stereocenters. The maximum absolute atomic E-state index is 12.9. The number of halogens is 4. The van der Waals surface area contributed by atoms with Crippen molar-refractivity contribution in [2.75, 3.05) is 48.7 Å². The number of rotatable bonds is 5. The van der Waals surface area contributed by atoms with E-state index in [0.717, 1.165) is 18.3 Å². The highest BCUT2D eigenvalue weighted by atomic mass is 35.5. The van der Waals surface area contributed by atoms with E-state index >= 15 is 0 Å². The van der Waals surface area contributed by atoms with Gasteiger partial charge in [-0.15, -0.1) is 0 Å². The van der Waals surface area contributed by atoms with Crippen molar-refractivity contribution in [3.8, 4) is 0 Å². The van der Waals surface area contributed by atoms with Gasteiger partial charge in [0.2, 0.25) is 17.7 Å². The van der Waals surface area contributed by atoms with Gasteiger partial charge in [0.1, 0.15) is 6.20 Å². The highest BCUT2D eigenvalue weighted by Gasteiger charge is 2.33. The molecule has 0 spiro atoms. The third kappa shape index (κ3) is 5.49. The maximum Gasteiger partial charge on any atom is 0.417 e. The number of hydrogen-bond acceptors (Lipinski definition) is 8. The Morgan fingerprint density at radius 2 is 1.97 bits per heavy atom. The van der Waals surface area contributed by atoms with Crippen molar-refractivity contribution >= 4 is 40.6 Å². The smallest absolute Gasteiger partial charge is 0.378 e. The van der Waals surface area contributed by atoms with Gasteiger partial charge in [0.05, 0.1) is 22.1 Å². The lowest BCUT2D eigenvalue weighted by molar-refractivity contribution is -0.384. The Hall–Kier alpha value is -3.19. The molecule has 1 aromatic heterocycles. The molecular formula is C17H17ClF3N7O3. The summed E-state index contributed by atoms with van der Waals surface area (Å²) >= 11 is 5.57. The molecular weight excluding hydrogens is 443 g/mol. The number of nitrogens with zero attached hydrogens (tertiary/aromatic N) is 5. The van der Waals surface area contributed by atoms with Gasteiger partial charge in [0.15, 0.2) is 0 Å². The Kier molecular flexibility index (Phi) is 6.45. The first kappa shape index (κ1) is 22.5. The Bertz CT molecular complexity index is 997. The fraction of sp³-hybridized carbons (Fsp3) is 0.353. The van der Waals surface area contributed by atoms with Gasteiger partial charge >= 0.3 is 11.9 Å². The van der Waals surface area contributed by atoms with Crippen molar-refractivity contribution in [2.45, 2.75) is 6.18 Å². The first-order chi connectivity index (χ1) is 14.5. The number of nitrogen functional groups attached to an aromatic ring is 1. The SMILES string of the molecule is Nc1nc(N2CCN(CC(=O)Nc3ccc(Cl)c(C(F)(F)F)c3)CC2)ncc1[N+](=O)[O-]. The largest absolute Gasteiger partial charge is 0.417 e. The van der Waals surface area contributed by atoms with Crippen molar-refractivity contribution in [1.29, 1.82) is 0 Å². The Morgan fingerprint density at radius 1 is 1.29 bits per heavy atom. The third-order valence-electron chi connectivity index (χ3n) is 4.56. The topological polar surface area (TPSA) is 131 Å². The summed E-state index contributed by atoms with van der Waals surface area (Å²) < 4.78 is 38.8. The second kappa shape index (κ2) is 8.89. The zero-order valence-corrected chi connectivity index (χ0v) is 16.7. The van der Waals surface area contributed by atoms with Crippen LogP contribution in [0.5, 0.6) is 0 Å². The van der Waals surface area contributed by atoms with Gasteiger partial charge in [-0.25, -0.2) is 4.98 Å². The molecule has 1 aromatic carbocycles. The van der Waals surface area contributed by atoms with Gasteiger partial charge in [0, 0.05) is 31.9 Å². The number of alkyl halides is 3. The van der Waals surface area contributed by atoms with Crippen LogP contribution in [0.25, 0.3) is 0 Å². The van der Waals surface area contributed by atoms with Crippen molar-refractivity contribution < 1.29 is 22.9 Å². The molecule has 3 N–H and O–H groups in total. The minimum absolute atomic E-state index is 0.00452. The second-order valence-corrected chi connectivity index (χ2v) is 7.11. The van der Waals surface area contributed by atoms with Crippen LogP contribution in [0.3, 0.4) is 0 Å². The summed E-state index contributed by atoms with van der Waals surface area (Å²) in [4.78, 5) is 33.8. The molecule has 2 aromatic rings. The predicted octanol–water partition coefficient (Wildman–Crippen LogP) is 2.40. The quantitative estimate of drug-likeness (QED) is 0.515. The van der Waals surface area contributed by atoms with Crippen LogP contribution in [0.1, 0.15) is 5.56 Å². The van der Waals surface area contributed by atoms with E-state index < -0.39 is 27.6 Å². The number of aromatic nitrogens is 2. The molecule has 1 fully saturated rings. The average molecular weight is 460 g/mol. The number of piperazine rings is 1. The van der Waals surface area contributed by atoms with Crippen LogP contribution in [0.15, 0.2) is 24.4 Å². The van der Waals surface area contributed by atoms with Crippen LogP contribution in [-0.4, -0.2) is 58.4 Å². The molecule has 0 saturated carbocycles. The Morgan fingerprint density at radius 3 is 2.55 bits per heavy atom. The Balaban J connectivity index is 1.55. The molecule has 31 heavy (non-hydrogen) atoms. The molecule has 1 aliphatic heterocycles. The van der Waals surface area contributed by atoms with Crippen molar-refractivity contribution in [2.24, 2.45) is 0 Å². The molecule has 166 valence electrons.